The van der Waals surface area contributed by atoms with Crippen LogP contribution in [0.1, 0.15) is 38.3 Å². The number of likely N-dealkylation sites (tertiary alicyclic amines) is 1. The number of para-hydroxylation sites is 1. The summed E-state index contributed by atoms with van der Waals surface area (Å²) in [6.07, 6.45) is 0.435. The molecule has 1 fully saturated rings. The van der Waals surface area contributed by atoms with E-state index in [2.05, 4.69) is 25.5 Å². The third kappa shape index (κ3) is 4.36. The lowest BCUT2D eigenvalue weighted by atomic mass is 9.87. The minimum atomic E-state index is -3.77. The van der Waals surface area contributed by atoms with Gasteiger partial charge in [0.15, 0.2) is 0 Å². The van der Waals surface area contributed by atoms with Gasteiger partial charge in [0, 0.05) is 18.8 Å². The van der Waals surface area contributed by atoms with Crippen molar-refractivity contribution in [3.8, 4) is 0 Å². The fraction of sp³-hybridized carbons (Fsp3) is 0.381. The predicted octanol–water partition coefficient (Wildman–Crippen LogP) is 2.65. The van der Waals surface area contributed by atoms with Crippen molar-refractivity contribution in [2.75, 3.05) is 12.3 Å². The molecule has 3 N–H and O–H groups in total. The van der Waals surface area contributed by atoms with Gasteiger partial charge in [-0.15, -0.1) is 0 Å². The maximum Gasteiger partial charge on any atom is 0.241 e. The monoisotopic (exact) mass is 401 g/mol. The summed E-state index contributed by atoms with van der Waals surface area (Å²) >= 11 is 0. The topological polar surface area (TPSA) is 92.5 Å². The molecule has 0 bridgehead atoms. The first-order valence-electron chi connectivity index (χ1n) is 9.33. The zero-order valence-electron chi connectivity index (χ0n) is 16.5. The highest BCUT2D eigenvalue weighted by atomic mass is 32.2. The van der Waals surface area contributed by atoms with E-state index in [0.29, 0.717) is 25.2 Å². The van der Waals surface area contributed by atoms with Crippen LogP contribution in [0.25, 0.3) is 0 Å². The van der Waals surface area contributed by atoms with E-state index in [1.54, 1.807) is 23.1 Å². The van der Waals surface area contributed by atoms with Gasteiger partial charge in [0.25, 0.3) is 0 Å². The summed E-state index contributed by atoms with van der Waals surface area (Å²) in [4.78, 5) is 14.5. The summed E-state index contributed by atoms with van der Waals surface area (Å²) in [5, 5.41) is 0. The molecule has 0 unspecified atom stereocenters. The normalized spacial score (nSPS) is 17.9. The largest absolute Gasteiger partial charge is 0.398 e. The molecule has 1 amide bonds. The number of benzene rings is 2. The van der Waals surface area contributed by atoms with Crippen molar-refractivity contribution in [3.05, 3.63) is 59.7 Å². The Labute approximate surface area is 166 Å². The van der Waals surface area contributed by atoms with Crippen LogP contribution in [-0.4, -0.2) is 31.8 Å². The van der Waals surface area contributed by atoms with Gasteiger partial charge in [-0.25, -0.2) is 8.42 Å². The van der Waals surface area contributed by atoms with Crippen molar-refractivity contribution in [1.29, 1.82) is 0 Å². The van der Waals surface area contributed by atoms with Crippen LogP contribution >= 0.6 is 0 Å². The van der Waals surface area contributed by atoms with Crippen molar-refractivity contribution >= 4 is 21.6 Å². The summed E-state index contributed by atoms with van der Waals surface area (Å²) in [5.74, 6) is -0.224. The van der Waals surface area contributed by atoms with Crippen LogP contribution < -0.4 is 10.5 Å². The van der Waals surface area contributed by atoms with Crippen LogP contribution in [0.5, 0.6) is 0 Å². The Kier molecular flexibility index (Phi) is 5.50. The quantitative estimate of drug-likeness (QED) is 0.754. The highest BCUT2D eigenvalue weighted by Gasteiger charge is 2.35. The number of nitrogens with two attached hydrogens (primary N) is 1. The molecular formula is C21H27N3O3S. The van der Waals surface area contributed by atoms with Crippen LogP contribution in [0.3, 0.4) is 0 Å². The minimum Gasteiger partial charge on any atom is -0.398 e. The summed E-state index contributed by atoms with van der Waals surface area (Å²) in [6, 6.07) is 13.4. The van der Waals surface area contributed by atoms with E-state index in [0.717, 1.165) is 11.1 Å². The number of nitrogen functional groups attached to an aromatic ring is 1. The SMILES string of the molecule is CC(C)(C)c1ccc(S(=O)(=O)N[C@H]2CCN(Cc3ccccc3N)C2=O)cc1. The van der Waals surface area contributed by atoms with E-state index < -0.39 is 16.1 Å². The molecule has 0 saturated carbocycles. The average Bonchev–Trinajstić information content (AvgIpc) is 2.96. The molecule has 0 aliphatic carbocycles. The number of nitrogens with zero attached hydrogens (tertiary/aromatic N) is 1. The fourth-order valence-electron chi connectivity index (χ4n) is 3.28. The van der Waals surface area contributed by atoms with E-state index >= 15 is 0 Å². The van der Waals surface area contributed by atoms with Crippen LogP contribution in [-0.2, 0) is 26.8 Å². The summed E-state index contributed by atoms with van der Waals surface area (Å²) in [6.45, 7) is 7.08. The Morgan fingerprint density at radius 1 is 1.11 bits per heavy atom. The molecule has 1 atom stereocenters. The molecule has 1 aliphatic heterocycles. The summed E-state index contributed by atoms with van der Waals surface area (Å²) in [5.41, 5.74) is 8.42. The van der Waals surface area contributed by atoms with E-state index in [4.69, 9.17) is 5.73 Å². The first-order chi connectivity index (χ1) is 13.1. The highest BCUT2D eigenvalue weighted by Crippen LogP contribution is 2.24. The molecule has 28 heavy (non-hydrogen) atoms. The van der Waals surface area contributed by atoms with E-state index in [1.165, 1.54) is 0 Å². The van der Waals surface area contributed by atoms with Crippen molar-refractivity contribution < 1.29 is 13.2 Å². The zero-order valence-corrected chi connectivity index (χ0v) is 17.3. The molecule has 1 heterocycles. The van der Waals surface area contributed by atoms with Crippen molar-refractivity contribution in [2.24, 2.45) is 0 Å². The first kappa shape index (κ1) is 20.4. The van der Waals surface area contributed by atoms with Gasteiger partial charge in [-0.2, -0.15) is 4.72 Å². The van der Waals surface area contributed by atoms with Gasteiger partial charge in [-0.3, -0.25) is 4.79 Å². The first-order valence-corrected chi connectivity index (χ1v) is 10.8. The molecule has 150 valence electrons. The second-order valence-corrected chi connectivity index (χ2v) is 9.91. The smallest absolute Gasteiger partial charge is 0.241 e. The third-order valence-electron chi connectivity index (χ3n) is 5.04. The van der Waals surface area contributed by atoms with Gasteiger partial charge in [-0.05, 0) is 41.2 Å². The number of nitrogens with one attached hydrogen (secondary N) is 1. The van der Waals surface area contributed by atoms with Gasteiger partial charge in [-0.1, -0.05) is 51.1 Å². The highest BCUT2D eigenvalue weighted by molar-refractivity contribution is 7.89. The number of sulfonamides is 1. The number of carbonyl (C=O) groups excluding carboxylic acids is 1. The molecular weight excluding hydrogens is 374 g/mol. The van der Waals surface area contributed by atoms with Gasteiger partial charge in [0.05, 0.1) is 4.90 Å². The molecule has 0 radical (unpaired) electrons. The number of anilines is 1. The second kappa shape index (κ2) is 7.56. The standard InChI is InChI=1S/C21H27N3O3S/c1-21(2,3)16-8-10-17(11-9-16)28(26,27)23-19-12-13-24(20(19)25)14-15-6-4-5-7-18(15)22/h4-11,19,23H,12-14,22H2,1-3H3/t19-/m0/s1. The fourth-order valence-corrected chi connectivity index (χ4v) is 4.50. The van der Waals surface area contributed by atoms with E-state index in [1.807, 2.05) is 30.3 Å². The predicted molar refractivity (Wildman–Crippen MR) is 110 cm³/mol. The Bertz CT molecular complexity index is 963. The lowest BCUT2D eigenvalue weighted by Gasteiger charge is -2.20. The lowest BCUT2D eigenvalue weighted by molar-refractivity contribution is -0.129. The average molecular weight is 402 g/mol. The molecule has 1 saturated heterocycles. The summed E-state index contributed by atoms with van der Waals surface area (Å²) in [7, 11) is -3.77. The molecule has 6 nitrogen and oxygen atoms in total. The van der Waals surface area contributed by atoms with Gasteiger partial charge >= 0.3 is 0 Å². The molecule has 3 rings (SSSR count). The van der Waals surface area contributed by atoms with Gasteiger partial charge in [0.2, 0.25) is 15.9 Å². The lowest BCUT2D eigenvalue weighted by Crippen LogP contribution is -2.41. The third-order valence-corrected chi connectivity index (χ3v) is 6.53. The number of carbonyl (C=O) groups is 1. The Morgan fingerprint density at radius 3 is 2.36 bits per heavy atom. The maximum absolute atomic E-state index is 12.7. The number of hydrogen-bond acceptors (Lipinski definition) is 4. The second-order valence-electron chi connectivity index (χ2n) is 8.20. The minimum absolute atomic E-state index is 0.0586. The maximum atomic E-state index is 12.7. The molecule has 7 heteroatoms. The van der Waals surface area contributed by atoms with Gasteiger partial charge < -0.3 is 10.6 Å². The van der Waals surface area contributed by atoms with Crippen molar-refractivity contribution in [1.82, 2.24) is 9.62 Å². The Balaban J connectivity index is 1.69. The van der Waals surface area contributed by atoms with Crippen LogP contribution in [0.15, 0.2) is 53.4 Å². The van der Waals surface area contributed by atoms with E-state index in [9.17, 15) is 13.2 Å². The number of hydrogen-bond donors (Lipinski definition) is 2. The molecule has 1 aliphatic rings. The zero-order chi connectivity index (χ0) is 20.5. The molecule has 2 aromatic rings. The number of amides is 1. The molecule has 0 aromatic heterocycles. The van der Waals surface area contributed by atoms with Crippen LogP contribution in [0, 0.1) is 0 Å². The van der Waals surface area contributed by atoms with Crippen molar-refractivity contribution in [3.63, 3.8) is 0 Å². The van der Waals surface area contributed by atoms with Crippen molar-refractivity contribution in [2.45, 2.75) is 50.1 Å². The Hall–Kier alpha value is -2.38. The van der Waals surface area contributed by atoms with Crippen LogP contribution in [0.4, 0.5) is 5.69 Å². The summed E-state index contributed by atoms with van der Waals surface area (Å²) < 4.78 is 28.0. The Morgan fingerprint density at radius 2 is 1.75 bits per heavy atom. The molecule has 0 spiro atoms. The van der Waals surface area contributed by atoms with Crippen LogP contribution in [0.2, 0.25) is 0 Å². The van der Waals surface area contributed by atoms with E-state index in [-0.39, 0.29) is 16.2 Å². The number of rotatable bonds is 5. The van der Waals surface area contributed by atoms with Gasteiger partial charge in [0.1, 0.15) is 6.04 Å². The molecule has 2 aromatic carbocycles.